The summed E-state index contributed by atoms with van der Waals surface area (Å²) in [5.74, 6) is -0.277. The van der Waals surface area contributed by atoms with E-state index in [1.807, 2.05) is 68.8 Å². The number of aromatic nitrogens is 1. The fourth-order valence-corrected chi connectivity index (χ4v) is 3.38. The van der Waals surface area contributed by atoms with E-state index in [0.29, 0.717) is 22.8 Å². The molecule has 3 rings (SSSR count). The summed E-state index contributed by atoms with van der Waals surface area (Å²) in [7, 11) is 5.42. The van der Waals surface area contributed by atoms with Crippen LogP contribution in [0, 0.1) is 0 Å². The predicted octanol–water partition coefficient (Wildman–Crippen LogP) is 4.49. The van der Waals surface area contributed by atoms with Crippen molar-refractivity contribution in [2.75, 3.05) is 24.3 Å². The minimum absolute atomic E-state index is 0.0703. The molecule has 0 atom stereocenters. The molecule has 154 valence electrons. The van der Waals surface area contributed by atoms with Crippen molar-refractivity contribution in [3.05, 3.63) is 93.9 Å². The van der Waals surface area contributed by atoms with Gasteiger partial charge in [0.15, 0.2) is 0 Å². The molecule has 0 unspecified atom stereocenters. The standard InChI is InChI=1S/C24H24ClN3O2/c1-5-23(29)26-20-11-8-17(12-16-6-9-19(25)10-7-16)21(14-20)18-13-22(27(2)3)24(30)28(4)15-18/h5-11,13-15H,1,12H2,2-4H3,(H,26,29). The van der Waals surface area contributed by atoms with Crippen molar-refractivity contribution in [3.8, 4) is 11.1 Å². The number of nitrogens with zero attached hydrogens (tertiary/aromatic N) is 2. The van der Waals surface area contributed by atoms with Gasteiger partial charge in [0.1, 0.15) is 5.69 Å². The van der Waals surface area contributed by atoms with Crippen LogP contribution in [0.4, 0.5) is 11.4 Å². The van der Waals surface area contributed by atoms with Crippen molar-refractivity contribution in [2.24, 2.45) is 7.05 Å². The Kier molecular flexibility index (Phi) is 6.43. The molecule has 6 heteroatoms. The third-order valence-electron chi connectivity index (χ3n) is 4.83. The van der Waals surface area contributed by atoms with Gasteiger partial charge in [-0.25, -0.2) is 0 Å². The van der Waals surface area contributed by atoms with E-state index in [2.05, 4.69) is 11.9 Å². The van der Waals surface area contributed by atoms with Gasteiger partial charge in [0.25, 0.3) is 5.56 Å². The third kappa shape index (κ3) is 4.81. The third-order valence-corrected chi connectivity index (χ3v) is 5.08. The molecule has 1 heterocycles. The molecule has 1 amide bonds. The number of hydrogen-bond acceptors (Lipinski definition) is 3. The summed E-state index contributed by atoms with van der Waals surface area (Å²) < 4.78 is 1.58. The summed E-state index contributed by atoms with van der Waals surface area (Å²) in [6, 6.07) is 15.4. The zero-order valence-electron chi connectivity index (χ0n) is 17.3. The second-order valence-corrected chi connectivity index (χ2v) is 7.73. The van der Waals surface area contributed by atoms with E-state index in [9.17, 15) is 9.59 Å². The molecule has 1 N–H and O–H groups in total. The summed E-state index contributed by atoms with van der Waals surface area (Å²) in [4.78, 5) is 26.1. The number of anilines is 2. The lowest BCUT2D eigenvalue weighted by Crippen LogP contribution is -2.25. The number of halogens is 1. The van der Waals surface area contributed by atoms with Gasteiger partial charge in [-0.3, -0.25) is 9.59 Å². The fraction of sp³-hybridized carbons (Fsp3) is 0.167. The first kappa shape index (κ1) is 21.4. The SMILES string of the molecule is C=CC(=O)Nc1ccc(Cc2ccc(Cl)cc2)c(-c2cc(N(C)C)c(=O)n(C)c2)c1. The smallest absolute Gasteiger partial charge is 0.273 e. The fourth-order valence-electron chi connectivity index (χ4n) is 3.25. The van der Waals surface area contributed by atoms with Gasteiger partial charge in [-0.1, -0.05) is 36.4 Å². The number of rotatable bonds is 6. The van der Waals surface area contributed by atoms with E-state index in [4.69, 9.17) is 11.6 Å². The van der Waals surface area contributed by atoms with Crippen LogP contribution in [0.1, 0.15) is 11.1 Å². The lowest BCUT2D eigenvalue weighted by molar-refractivity contribution is -0.111. The number of nitrogens with one attached hydrogen (secondary N) is 1. The molecule has 30 heavy (non-hydrogen) atoms. The lowest BCUT2D eigenvalue weighted by Gasteiger charge is -2.18. The molecule has 0 fully saturated rings. The summed E-state index contributed by atoms with van der Waals surface area (Å²) in [6.07, 6.45) is 3.73. The van der Waals surface area contributed by atoms with Gasteiger partial charge in [0, 0.05) is 43.6 Å². The minimum Gasteiger partial charge on any atom is -0.373 e. The molecule has 2 aromatic carbocycles. The normalized spacial score (nSPS) is 10.5. The van der Waals surface area contributed by atoms with Gasteiger partial charge in [0.05, 0.1) is 0 Å². The molecule has 0 aliphatic heterocycles. The molecule has 0 bridgehead atoms. The summed E-state index contributed by atoms with van der Waals surface area (Å²) >= 11 is 6.02. The highest BCUT2D eigenvalue weighted by Gasteiger charge is 2.13. The van der Waals surface area contributed by atoms with Gasteiger partial charge in [-0.05, 0) is 59.5 Å². The Morgan fingerprint density at radius 3 is 2.50 bits per heavy atom. The minimum atomic E-state index is -0.277. The molecule has 3 aromatic rings. The van der Waals surface area contributed by atoms with Gasteiger partial charge >= 0.3 is 0 Å². The van der Waals surface area contributed by atoms with Gasteiger partial charge in [-0.2, -0.15) is 0 Å². The highest BCUT2D eigenvalue weighted by molar-refractivity contribution is 6.30. The number of carbonyl (C=O) groups excluding carboxylic acids is 1. The topological polar surface area (TPSA) is 54.3 Å². The molecule has 0 saturated carbocycles. The van der Waals surface area contributed by atoms with Crippen LogP contribution in [0.3, 0.4) is 0 Å². The van der Waals surface area contributed by atoms with Crippen LogP contribution in [-0.2, 0) is 18.3 Å². The molecular weight excluding hydrogens is 398 g/mol. The molecule has 0 saturated heterocycles. The predicted molar refractivity (Wildman–Crippen MR) is 125 cm³/mol. The molecule has 5 nitrogen and oxygen atoms in total. The van der Waals surface area contributed by atoms with Gasteiger partial charge in [0.2, 0.25) is 5.91 Å². The maximum atomic E-state index is 12.5. The number of benzene rings is 2. The van der Waals surface area contributed by atoms with Crippen molar-refractivity contribution in [1.82, 2.24) is 4.57 Å². The van der Waals surface area contributed by atoms with E-state index in [1.165, 1.54) is 6.08 Å². The van der Waals surface area contributed by atoms with Gasteiger partial charge in [-0.15, -0.1) is 0 Å². The van der Waals surface area contributed by atoms with Crippen molar-refractivity contribution in [3.63, 3.8) is 0 Å². The quantitative estimate of drug-likeness (QED) is 0.597. The van der Waals surface area contributed by atoms with E-state index >= 15 is 0 Å². The van der Waals surface area contributed by atoms with Crippen LogP contribution in [0.15, 0.2) is 72.2 Å². The highest BCUT2D eigenvalue weighted by Crippen LogP contribution is 2.30. The Bertz CT molecular complexity index is 1150. The monoisotopic (exact) mass is 421 g/mol. The number of pyridine rings is 1. The largest absolute Gasteiger partial charge is 0.373 e. The molecule has 0 aliphatic carbocycles. The molecule has 0 radical (unpaired) electrons. The Morgan fingerprint density at radius 2 is 1.87 bits per heavy atom. The first-order valence-electron chi connectivity index (χ1n) is 9.47. The van der Waals surface area contributed by atoms with Crippen LogP contribution in [-0.4, -0.2) is 24.6 Å². The van der Waals surface area contributed by atoms with Crippen molar-refractivity contribution >= 4 is 28.9 Å². The van der Waals surface area contributed by atoms with Crippen LogP contribution < -0.4 is 15.8 Å². The highest BCUT2D eigenvalue weighted by atomic mass is 35.5. The van der Waals surface area contributed by atoms with Crippen LogP contribution in [0.25, 0.3) is 11.1 Å². The second-order valence-electron chi connectivity index (χ2n) is 7.29. The molecule has 1 aromatic heterocycles. The molecule has 0 aliphatic rings. The van der Waals surface area contributed by atoms with E-state index < -0.39 is 0 Å². The Balaban J connectivity index is 2.14. The Labute approximate surface area is 181 Å². The number of hydrogen-bond donors (Lipinski definition) is 1. The first-order valence-corrected chi connectivity index (χ1v) is 9.85. The lowest BCUT2D eigenvalue weighted by atomic mass is 9.94. The maximum Gasteiger partial charge on any atom is 0.273 e. The first-order chi connectivity index (χ1) is 14.3. The average Bonchev–Trinajstić information content (AvgIpc) is 2.72. The van der Waals surface area contributed by atoms with E-state index in [0.717, 1.165) is 22.3 Å². The van der Waals surface area contributed by atoms with Crippen molar-refractivity contribution in [2.45, 2.75) is 6.42 Å². The number of carbonyl (C=O) groups is 1. The van der Waals surface area contributed by atoms with Crippen molar-refractivity contribution in [1.29, 1.82) is 0 Å². The number of aryl methyl sites for hydroxylation is 1. The molecular formula is C24H24ClN3O2. The zero-order chi connectivity index (χ0) is 21.8. The number of amides is 1. The van der Waals surface area contributed by atoms with Crippen LogP contribution >= 0.6 is 11.6 Å². The molecule has 0 spiro atoms. The summed E-state index contributed by atoms with van der Waals surface area (Å²) in [5, 5.41) is 3.50. The Morgan fingerprint density at radius 1 is 1.17 bits per heavy atom. The van der Waals surface area contributed by atoms with E-state index in [1.54, 1.807) is 16.5 Å². The summed E-state index contributed by atoms with van der Waals surface area (Å²) in [5.41, 5.74) is 5.19. The van der Waals surface area contributed by atoms with Crippen LogP contribution in [0.2, 0.25) is 5.02 Å². The average molecular weight is 422 g/mol. The van der Waals surface area contributed by atoms with Crippen LogP contribution in [0.5, 0.6) is 0 Å². The second kappa shape index (κ2) is 9.01. The summed E-state index contributed by atoms with van der Waals surface area (Å²) in [6.45, 7) is 3.50. The maximum absolute atomic E-state index is 12.5. The van der Waals surface area contributed by atoms with Gasteiger partial charge < -0.3 is 14.8 Å². The Hall–Kier alpha value is -3.31. The van der Waals surface area contributed by atoms with Crippen molar-refractivity contribution < 1.29 is 4.79 Å². The zero-order valence-corrected chi connectivity index (χ0v) is 18.0. The van der Waals surface area contributed by atoms with E-state index in [-0.39, 0.29) is 11.5 Å².